The number of phenolic OH excluding ortho intramolecular Hbond substituents is 1. The number of hydrogen-bond acceptors (Lipinski definition) is 5. The molecule has 3 N–H and O–H groups in total. The topological polar surface area (TPSA) is 83.0 Å². The van der Waals surface area contributed by atoms with Crippen molar-refractivity contribution in [2.45, 2.75) is 13.8 Å². The van der Waals surface area contributed by atoms with Crippen molar-refractivity contribution in [1.82, 2.24) is 5.43 Å². The van der Waals surface area contributed by atoms with E-state index in [0.29, 0.717) is 22.9 Å². The maximum atomic E-state index is 11.8. The number of hydrazone groups is 1. The Kier molecular flexibility index (Phi) is 6.65. The first kappa shape index (κ1) is 18.6. The normalized spacial score (nSPS) is 10.7. The molecule has 0 bridgehead atoms. The van der Waals surface area contributed by atoms with E-state index in [4.69, 9.17) is 16.3 Å². The molecule has 0 fully saturated rings. The first-order valence-corrected chi connectivity index (χ1v) is 8.15. The third-order valence-electron chi connectivity index (χ3n) is 3.39. The molecule has 0 aliphatic heterocycles. The van der Waals surface area contributed by atoms with Gasteiger partial charge in [-0.05, 0) is 55.3 Å². The van der Waals surface area contributed by atoms with Crippen molar-refractivity contribution in [3.8, 4) is 11.5 Å². The molecule has 7 heteroatoms. The molecule has 0 aliphatic carbocycles. The number of aromatic hydroxyl groups is 1. The number of phenols is 1. The second kappa shape index (κ2) is 8.94. The van der Waals surface area contributed by atoms with E-state index in [-0.39, 0.29) is 18.2 Å². The third kappa shape index (κ3) is 5.39. The van der Waals surface area contributed by atoms with Crippen LogP contribution in [0, 0.1) is 6.92 Å². The number of carbonyl (C=O) groups excluding carboxylic acids is 1. The van der Waals surface area contributed by atoms with Crippen molar-refractivity contribution < 1.29 is 14.6 Å². The summed E-state index contributed by atoms with van der Waals surface area (Å²) in [7, 11) is 0. The molecule has 1 amide bonds. The van der Waals surface area contributed by atoms with Gasteiger partial charge in [0.05, 0.1) is 19.4 Å². The maximum absolute atomic E-state index is 11.8. The summed E-state index contributed by atoms with van der Waals surface area (Å²) in [6.45, 7) is 4.22. The van der Waals surface area contributed by atoms with Gasteiger partial charge < -0.3 is 15.2 Å². The SMILES string of the molecule is CCOc1cc(C=NNC(=O)CNc2cccc(Cl)c2C)ccc1O. The highest BCUT2D eigenvalue weighted by molar-refractivity contribution is 6.31. The van der Waals surface area contributed by atoms with Crippen molar-refractivity contribution >= 4 is 29.4 Å². The van der Waals surface area contributed by atoms with Crippen molar-refractivity contribution in [2.75, 3.05) is 18.5 Å². The largest absolute Gasteiger partial charge is 0.504 e. The van der Waals surface area contributed by atoms with E-state index in [1.165, 1.54) is 12.3 Å². The molecule has 0 heterocycles. The van der Waals surface area contributed by atoms with Crippen molar-refractivity contribution in [3.63, 3.8) is 0 Å². The van der Waals surface area contributed by atoms with Crippen molar-refractivity contribution in [2.24, 2.45) is 5.10 Å². The smallest absolute Gasteiger partial charge is 0.259 e. The number of hydrogen-bond donors (Lipinski definition) is 3. The molecule has 0 spiro atoms. The minimum atomic E-state index is -0.292. The zero-order chi connectivity index (χ0) is 18.2. The molecule has 2 aromatic carbocycles. The van der Waals surface area contributed by atoms with Crippen molar-refractivity contribution in [1.29, 1.82) is 0 Å². The highest BCUT2D eigenvalue weighted by atomic mass is 35.5. The number of amides is 1. The molecule has 0 saturated carbocycles. The maximum Gasteiger partial charge on any atom is 0.259 e. The van der Waals surface area contributed by atoms with Gasteiger partial charge in [0, 0.05) is 10.7 Å². The van der Waals surface area contributed by atoms with Crippen LogP contribution in [0.5, 0.6) is 11.5 Å². The first-order chi connectivity index (χ1) is 12.0. The average molecular weight is 362 g/mol. The summed E-state index contributed by atoms with van der Waals surface area (Å²) < 4.78 is 5.29. The molecule has 0 radical (unpaired) electrons. The Morgan fingerprint density at radius 1 is 1.36 bits per heavy atom. The highest BCUT2D eigenvalue weighted by Gasteiger charge is 2.05. The summed E-state index contributed by atoms with van der Waals surface area (Å²) in [5, 5.41) is 17.2. The molecule has 0 aliphatic rings. The van der Waals surface area contributed by atoms with Crippen molar-refractivity contribution in [3.05, 3.63) is 52.5 Å². The molecule has 2 aromatic rings. The molecule has 0 saturated heterocycles. The summed E-state index contributed by atoms with van der Waals surface area (Å²) >= 11 is 6.03. The minimum Gasteiger partial charge on any atom is -0.504 e. The van der Waals surface area contributed by atoms with E-state index in [1.54, 1.807) is 18.2 Å². The van der Waals surface area contributed by atoms with E-state index in [1.807, 2.05) is 26.0 Å². The van der Waals surface area contributed by atoms with Crippen LogP contribution in [0.1, 0.15) is 18.1 Å². The summed E-state index contributed by atoms with van der Waals surface area (Å²) in [5.74, 6) is 0.138. The van der Waals surface area contributed by atoms with Gasteiger partial charge in [-0.25, -0.2) is 5.43 Å². The number of halogens is 1. The predicted molar refractivity (Wildman–Crippen MR) is 99.7 cm³/mol. The molecule has 2 rings (SSSR count). The predicted octanol–water partition coefficient (Wildman–Crippen LogP) is 3.31. The summed E-state index contributed by atoms with van der Waals surface area (Å²) in [4.78, 5) is 11.8. The van der Waals surface area contributed by atoms with Crippen LogP contribution in [0.15, 0.2) is 41.5 Å². The first-order valence-electron chi connectivity index (χ1n) is 7.78. The number of nitrogens with zero attached hydrogens (tertiary/aromatic N) is 1. The van der Waals surface area contributed by atoms with Crippen LogP contribution in [0.25, 0.3) is 0 Å². The van der Waals surface area contributed by atoms with Gasteiger partial charge in [-0.15, -0.1) is 0 Å². The number of nitrogens with one attached hydrogen (secondary N) is 2. The summed E-state index contributed by atoms with van der Waals surface area (Å²) in [6, 6.07) is 10.3. The fourth-order valence-corrected chi connectivity index (χ4v) is 2.25. The van der Waals surface area contributed by atoms with Crippen LogP contribution in [0.2, 0.25) is 5.02 Å². The number of benzene rings is 2. The number of ether oxygens (including phenoxy) is 1. The molecule has 6 nitrogen and oxygen atoms in total. The quantitative estimate of drug-likeness (QED) is 0.522. The standard InChI is InChI=1S/C18H20ClN3O3/c1-3-25-17-9-13(7-8-16(17)23)10-21-22-18(24)11-20-15-6-4-5-14(19)12(15)2/h4-10,20,23H,3,11H2,1-2H3,(H,22,24). The van der Waals surface area contributed by atoms with Gasteiger partial charge in [0.1, 0.15) is 0 Å². The molecule has 0 unspecified atom stereocenters. The Hall–Kier alpha value is -2.73. The Morgan fingerprint density at radius 3 is 2.92 bits per heavy atom. The molecule has 0 aromatic heterocycles. The van der Waals surface area contributed by atoms with Crippen LogP contribution >= 0.6 is 11.6 Å². The zero-order valence-electron chi connectivity index (χ0n) is 14.0. The molecular formula is C18H20ClN3O3. The van der Waals surface area contributed by atoms with E-state index in [2.05, 4.69) is 15.8 Å². The van der Waals surface area contributed by atoms with Gasteiger partial charge in [-0.2, -0.15) is 5.10 Å². The fraction of sp³-hybridized carbons (Fsp3) is 0.222. The monoisotopic (exact) mass is 361 g/mol. The van der Waals surface area contributed by atoms with E-state index < -0.39 is 0 Å². The molecular weight excluding hydrogens is 342 g/mol. The van der Waals surface area contributed by atoms with E-state index in [9.17, 15) is 9.90 Å². The highest BCUT2D eigenvalue weighted by Crippen LogP contribution is 2.26. The Labute approximate surface area is 151 Å². The summed E-state index contributed by atoms with van der Waals surface area (Å²) in [5.41, 5.74) is 4.81. The lowest BCUT2D eigenvalue weighted by Crippen LogP contribution is -2.26. The zero-order valence-corrected chi connectivity index (χ0v) is 14.8. The van der Waals surface area contributed by atoms with E-state index in [0.717, 1.165) is 11.3 Å². The van der Waals surface area contributed by atoms with Crippen LogP contribution in [0.3, 0.4) is 0 Å². The van der Waals surface area contributed by atoms with Gasteiger partial charge >= 0.3 is 0 Å². The second-order valence-electron chi connectivity index (χ2n) is 5.22. The fourth-order valence-electron chi connectivity index (χ4n) is 2.07. The molecule has 132 valence electrons. The molecule has 0 atom stereocenters. The lowest BCUT2D eigenvalue weighted by atomic mass is 10.2. The van der Waals surface area contributed by atoms with Gasteiger partial charge in [0.15, 0.2) is 11.5 Å². The number of carbonyl (C=O) groups is 1. The van der Waals surface area contributed by atoms with Gasteiger partial charge in [-0.3, -0.25) is 4.79 Å². The third-order valence-corrected chi connectivity index (χ3v) is 3.80. The Balaban J connectivity index is 1.88. The van der Waals surface area contributed by atoms with Gasteiger partial charge in [0.25, 0.3) is 5.91 Å². The number of anilines is 1. The Morgan fingerprint density at radius 2 is 2.16 bits per heavy atom. The van der Waals surface area contributed by atoms with E-state index >= 15 is 0 Å². The lowest BCUT2D eigenvalue weighted by molar-refractivity contribution is -0.119. The van der Waals surface area contributed by atoms with Gasteiger partial charge in [0.2, 0.25) is 0 Å². The van der Waals surface area contributed by atoms with Crippen LogP contribution in [-0.4, -0.2) is 30.4 Å². The molecule has 25 heavy (non-hydrogen) atoms. The van der Waals surface area contributed by atoms with Crippen LogP contribution < -0.4 is 15.5 Å². The lowest BCUT2D eigenvalue weighted by Gasteiger charge is -2.09. The van der Waals surface area contributed by atoms with Crippen LogP contribution in [0.4, 0.5) is 5.69 Å². The average Bonchev–Trinajstić information content (AvgIpc) is 2.59. The van der Waals surface area contributed by atoms with Gasteiger partial charge in [-0.1, -0.05) is 17.7 Å². The second-order valence-corrected chi connectivity index (χ2v) is 5.63. The number of rotatable bonds is 7. The van der Waals surface area contributed by atoms with Crippen LogP contribution in [-0.2, 0) is 4.79 Å². The summed E-state index contributed by atoms with van der Waals surface area (Å²) in [6.07, 6.45) is 1.48. The minimum absolute atomic E-state index is 0.0594. The Bertz CT molecular complexity index is 778.